The van der Waals surface area contributed by atoms with E-state index in [0.717, 1.165) is 134 Å². The Bertz CT molecular complexity index is 8440. The van der Waals surface area contributed by atoms with Crippen molar-refractivity contribution in [3.63, 3.8) is 0 Å². The maximum atomic E-state index is 5.43. The number of aromatic nitrogens is 7. The van der Waals surface area contributed by atoms with Crippen molar-refractivity contribution in [1.82, 2.24) is 34.5 Å². The summed E-state index contributed by atoms with van der Waals surface area (Å²) in [6.07, 6.45) is 0. The summed E-state index contributed by atoms with van der Waals surface area (Å²) in [6.45, 7) is 0. The number of pyridine rings is 2. The van der Waals surface area contributed by atoms with E-state index < -0.39 is 0 Å². The molecule has 0 aliphatic rings. The van der Waals surface area contributed by atoms with Gasteiger partial charge in [0, 0.05) is 103 Å². The molecule has 0 N–H and O–H groups in total. The number of fused-ring (bicyclic) bond motifs is 15. The summed E-state index contributed by atoms with van der Waals surface area (Å²) < 4.78 is 7.29. The van der Waals surface area contributed by atoms with Crippen molar-refractivity contribution in [1.29, 1.82) is 0 Å². The number of benzene rings is 18. The largest absolute Gasteiger partial charge is 0.309 e. The van der Waals surface area contributed by atoms with Crippen LogP contribution in [0.25, 0.3) is 246 Å². The smallest absolute Gasteiger partial charge is 0.160 e. The summed E-state index contributed by atoms with van der Waals surface area (Å²) in [6, 6.07) is 157. The first-order valence-electron chi connectivity index (χ1n) is 42.8. The molecule has 0 radical (unpaired) electrons. The van der Waals surface area contributed by atoms with Crippen LogP contribution >= 0.6 is 22.7 Å². The van der Waals surface area contributed by atoms with Crippen LogP contribution in [0.15, 0.2) is 443 Å². The topological polar surface area (TPSA) is 82.3 Å². The molecule has 0 amide bonds. The summed E-state index contributed by atoms with van der Waals surface area (Å²) >= 11 is 3.66. The first-order chi connectivity index (χ1) is 62.9. The van der Waals surface area contributed by atoms with Gasteiger partial charge in [0.05, 0.1) is 65.6 Å². The van der Waals surface area contributed by atoms with Gasteiger partial charge in [-0.05, 0) is 145 Å². The molecule has 0 saturated heterocycles. The number of thiophene rings is 2. The van der Waals surface area contributed by atoms with Gasteiger partial charge in [0.2, 0.25) is 0 Å². The van der Waals surface area contributed by atoms with Gasteiger partial charge < -0.3 is 4.57 Å². The van der Waals surface area contributed by atoms with Crippen LogP contribution in [-0.4, -0.2) is 34.5 Å². The molecular formula is C118H73N7S2. The van der Waals surface area contributed by atoms with E-state index in [1.54, 1.807) is 0 Å². The van der Waals surface area contributed by atoms with Crippen LogP contribution in [0.4, 0.5) is 0 Å². The first kappa shape index (κ1) is 74.5. The van der Waals surface area contributed by atoms with Gasteiger partial charge in [-0.3, -0.25) is 0 Å². The lowest BCUT2D eigenvalue weighted by Gasteiger charge is -2.13. The van der Waals surface area contributed by atoms with E-state index in [1.807, 2.05) is 53.0 Å². The van der Waals surface area contributed by atoms with Gasteiger partial charge in [0.15, 0.2) is 11.6 Å². The van der Waals surface area contributed by atoms with Crippen LogP contribution in [-0.2, 0) is 0 Å². The predicted octanol–water partition coefficient (Wildman–Crippen LogP) is 32.2. The second-order valence-corrected chi connectivity index (χ2v) is 34.4. The lowest BCUT2D eigenvalue weighted by Crippen LogP contribution is -1.97. The highest BCUT2D eigenvalue weighted by molar-refractivity contribution is 7.27. The number of hydrogen-bond donors (Lipinski definition) is 0. The molecule has 0 bridgehead atoms. The normalized spacial score (nSPS) is 11.6. The molecule has 0 aliphatic heterocycles. The Morgan fingerprint density at radius 1 is 0.189 bits per heavy atom. The molecule has 0 aliphatic carbocycles. The summed E-state index contributed by atoms with van der Waals surface area (Å²) in [5, 5.41) is 14.7. The van der Waals surface area contributed by atoms with Gasteiger partial charge in [-0.1, -0.05) is 364 Å². The fourth-order valence-corrected chi connectivity index (χ4v) is 20.9. The van der Waals surface area contributed by atoms with Crippen molar-refractivity contribution >= 4 is 128 Å². The Morgan fingerprint density at radius 2 is 0.496 bits per heavy atom. The van der Waals surface area contributed by atoms with Gasteiger partial charge in [-0.2, -0.15) is 0 Å². The highest BCUT2D eigenvalue weighted by Gasteiger charge is 2.24. The lowest BCUT2D eigenvalue weighted by atomic mass is 9.96. The molecule has 9 heteroatoms. The minimum Gasteiger partial charge on any atom is -0.309 e. The van der Waals surface area contributed by atoms with Crippen LogP contribution in [0, 0.1) is 0 Å². The summed E-state index contributed by atoms with van der Waals surface area (Å²) in [4.78, 5) is 31.6. The molecule has 7 heterocycles. The zero-order valence-electron chi connectivity index (χ0n) is 68.6. The Labute approximate surface area is 740 Å². The maximum Gasteiger partial charge on any atom is 0.160 e. The average Bonchev–Trinajstić information content (AvgIpc) is 1.61. The van der Waals surface area contributed by atoms with E-state index in [-0.39, 0.29) is 0 Å². The zero-order chi connectivity index (χ0) is 83.8. The highest BCUT2D eigenvalue weighted by Crippen LogP contribution is 2.49. The van der Waals surface area contributed by atoms with Gasteiger partial charge in [-0.25, -0.2) is 29.9 Å². The Hall–Kier alpha value is -16.3. The third kappa shape index (κ3) is 13.6. The van der Waals surface area contributed by atoms with Gasteiger partial charge in [0.25, 0.3) is 0 Å². The number of hydrogen-bond acceptors (Lipinski definition) is 8. The monoisotopic (exact) mass is 1650 g/mol. The molecular weight excluding hydrogens is 1580 g/mol. The number of para-hydroxylation sites is 2. The molecule has 25 aromatic rings. The fraction of sp³-hybridized carbons (Fsp3) is 0. The van der Waals surface area contributed by atoms with Crippen LogP contribution in [0.2, 0.25) is 0 Å². The molecule has 7 nitrogen and oxygen atoms in total. The predicted molar refractivity (Wildman–Crippen MR) is 535 cm³/mol. The molecule has 592 valence electrons. The quantitative estimate of drug-likeness (QED) is 0.114. The molecule has 0 atom stereocenters. The van der Waals surface area contributed by atoms with Crippen LogP contribution in [0.5, 0.6) is 0 Å². The molecule has 7 aromatic heterocycles. The van der Waals surface area contributed by atoms with Gasteiger partial charge >= 0.3 is 0 Å². The SMILES string of the molecule is c1ccc(-c2ccc(-c3cc(-c4cccc(-c5ccc6nc(-c7cccc8ccccc78)c7sc8ccccc8c7c6c5)c4)nc(-c4ccc(-c5ccccc5)cc4)n3)cc2)cc1.c1ccc(-c2nc(-c3ccc(-c4ccc5nc(-c6cccc7ccccc67)c6sc7ccccc7c6c5c4)cc3)cc(-c3ccc(-n4c5ccccc5c5ccccc54)cc3)n2)cc1. The van der Waals surface area contributed by atoms with Crippen LogP contribution in [0.3, 0.4) is 0 Å². The highest BCUT2D eigenvalue weighted by atomic mass is 32.1. The van der Waals surface area contributed by atoms with E-state index in [9.17, 15) is 0 Å². The third-order valence-electron chi connectivity index (χ3n) is 24.7. The Kier molecular flexibility index (Phi) is 18.5. The second kappa shape index (κ2) is 31.5. The molecule has 0 saturated carbocycles. The molecule has 18 aromatic carbocycles. The Morgan fingerprint density at radius 3 is 0.969 bits per heavy atom. The van der Waals surface area contributed by atoms with E-state index in [2.05, 4.69) is 417 Å². The molecule has 0 unspecified atom stereocenters. The second-order valence-electron chi connectivity index (χ2n) is 32.3. The van der Waals surface area contributed by atoms with Crippen LogP contribution < -0.4 is 0 Å². The molecule has 0 fully saturated rings. The first-order valence-corrected chi connectivity index (χ1v) is 44.5. The summed E-state index contributed by atoms with van der Waals surface area (Å²) in [5.41, 5.74) is 28.6. The summed E-state index contributed by atoms with van der Waals surface area (Å²) in [7, 11) is 0. The maximum absolute atomic E-state index is 5.43. The van der Waals surface area contributed by atoms with Crippen molar-refractivity contribution in [3.8, 4) is 141 Å². The zero-order valence-corrected chi connectivity index (χ0v) is 70.2. The minimum absolute atomic E-state index is 0.685. The van der Waals surface area contributed by atoms with E-state index in [4.69, 9.17) is 29.9 Å². The van der Waals surface area contributed by atoms with Crippen molar-refractivity contribution < 1.29 is 0 Å². The fourth-order valence-electron chi connectivity index (χ4n) is 18.5. The molecule has 127 heavy (non-hydrogen) atoms. The number of rotatable bonds is 13. The molecule has 25 rings (SSSR count). The van der Waals surface area contributed by atoms with Gasteiger partial charge in [-0.15, -0.1) is 22.7 Å². The van der Waals surface area contributed by atoms with Crippen molar-refractivity contribution in [2.45, 2.75) is 0 Å². The lowest BCUT2D eigenvalue weighted by molar-refractivity contribution is 1.17. The standard InChI is InChI=1S/C59H36N4S.C59H37N3S/c1-2-14-41(15-3-1)59-61-51(36-52(62-59)40-29-32-43(33-30-40)63-53-22-9-6-18-45(53)46-19-7-10-23-54(46)63)39-27-25-37(26-28-39)42-31-34-50-49(35-42)56-48-20-8-11-24-55(48)64-58(56)57(60-50)47-21-12-16-38-13-4-5-17-44(38)47;1-3-13-38(14-4-1)40-25-29-43(30-26-40)53-37-54(62-59(61-53)44-31-27-41(28-32-44)39-15-5-2-6-16-39)47-20-11-19-45(35-47)46-33-34-52-51(36-46)56-50-22-9-10-24-55(50)63-58(56)57(60-52)49-23-12-18-42-17-7-8-21-48(42)49/h1-36H;1-37H. The van der Waals surface area contributed by atoms with Crippen LogP contribution in [0.1, 0.15) is 0 Å². The number of nitrogens with zero attached hydrogens (tertiary/aromatic N) is 7. The van der Waals surface area contributed by atoms with E-state index >= 15 is 0 Å². The van der Waals surface area contributed by atoms with E-state index in [0.29, 0.717) is 11.6 Å². The van der Waals surface area contributed by atoms with Crippen molar-refractivity contribution in [2.75, 3.05) is 0 Å². The minimum atomic E-state index is 0.685. The van der Waals surface area contributed by atoms with E-state index in [1.165, 1.54) is 100 Å². The Balaban J connectivity index is 0.000000142. The average molecular weight is 1650 g/mol. The van der Waals surface area contributed by atoms with Crippen molar-refractivity contribution in [3.05, 3.63) is 443 Å². The summed E-state index contributed by atoms with van der Waals surface area (Å²) in [5.74, 6) is 1.38. The van der Waals surface area contributed by atoms with Crippen molar-refractivity contribution in [2.24, 2.45) is 0 Å². The molecule has 0 spiro atoms. The van der Waals surface area contributed by atoms with Gasteiger partial charge in [0.1, 0.15) is 0 Å². The third-order valence-corrected chi connectivity index (χ3v) is 27.1.